The number of rotatable bonds is 4. The van der Waals surface area contributed by atoms with Crippen molar-refractivity contribution in [2.75, 3.05) is 27.1 Å². The number of methoxy groups -OCH3 is 3. The number of benzene rings is 2. The summed E-state index contributed by atoms with van der Waals surface area (Å²) in [4.78, 5) is 0. The SMILES string of the molecule is COc1ccc(-c2ccc(N)c(F)c2)c(OC)c1OC. The molecule has 0 unspecified atom stereocenters. The molecular weight excluding hydrogens is 261 g/mol. The number of hydrogen-bond donors (Lipinski definition) is 1. The van der Waals surface area contributed by atoms with Gasteiger partial charge in [-0.25, -0.2) is 4.39 Å². The summed E-state index contributed by atoms with van der Waals surface area (Å²) in [7, 11) is 4.59. The fraction of sp³-hybridized carbons (Fsp3) is 0.200. The first-order chi connectivity index (χ1) is 9.62. The number of nitrogens with two attached hydrogens (primary N) is 1. The second-order valence-corrected chi connectivity index (χ2v) is 4.12. The van der Waals surface area contributed by atoms with Crippen LogP contribution in [0.3, 0.4) is 0 Å². The molecule has 0 saturated carbocycles. The van der Waals surface area contributed by atoms with Crippen LogP contribution in [0.1, 0.15) is 0 Å². The number of nitrogen functional groups attached to an aromatic ring is 1. The highest BCUT2D eigenvalue weighted by Gasteiger charge is 2.17. The fourth-order valence-electron chi connectivity index (χ4n) is 2.02. The lowest BCUT2D eigenvalue weighted by atomic mass is 10.0. The highest BCUT2D eigenvalue weighted by molar-refractivity contribution is 5.77. The van der Waals surface area contributed by atoms with E-state index in [4.69, 9.17) is 19.9 Å². The molecule has 2 N–H and O–H groups in total. The van der Waals surface area contributed by atoms with Gasteiger partial charge in [-0.05, 0) is 29.8 Å². The maximum atomic E-state index is 13.6. The van der Waals surface area contributed by atoms with E-state index in [-0.39, 0.29) is 5.69 Å². The third kappa shape index (κ3) is 2.34. The molecular formula is C15H16FNO3. The minimum atomic E-state index is -0.473. The van der Waals surface area contributed by atoms with E-state index in [1.54, 1.807) is 25.3 Å². The van der Waals surface area contributed by atoms with E-state index in [2.05, 4.69) is 0 Å². The normalized spacial score (nSPS) is 10.2. The van der Waals surface area contributed by atoms with Crippen molar-refractivity contribution in [3.8, 4) is 28.4 Å². The minimum Gasteiger partial charge on any atom is -0.493 e. The first-order valence-corrected chi connectivity index (χ1v) is 5.96. The Kier molecular flexibility index (Phi) is 3.98. The third-order valence-corrected chi connectivity index (χ3v) is 3.02. The Morgan fingerprint density at radius 2 is 1.60 bits per heavy atom. The number of ether oxygens (including phenoxy) is 3. The molecule has 0 bridgehead atoms. The minimum absolute atomic E-state index is 0.105. The largest absolute Gasteiger partial charge is 0.493 e. The standard InChI is InChI=1S/C15H16FNO3/c1-18-13-7-5-10(14(19-2)15(13)20-3)9-4-6-12(17)11(16)8-9/h4-8H,17H2,1-3H3. The van der Waals surface area contributed by atoms with Gasteiger partial charge in [-0.15, -0.1) is 0 Å². The molecule has 0 spiro atoms. The van der Waals surface area contributed by atoms with Crippen LogP contribution in [-0.2, 0) is 0 Å². The quantitative estimate of drug-likeness (QED) is 0.872. The summed E-state index contributed by atoms with van der Waals surface area (Å²) in [6.07, 6.45) is 0. The van der Waals surface area contributed by atoms with Gasteiger partial charge in [-0.1, -0.05) is 6.07 Å². The van der Waals surface area contributed by atoms with E-state index in [1.165, 1.54) is 26.4 Å². The molecule has 0 fully saturated rings. The molecule has 2 aromatic rings. The molecule has 20 heavy (non-hydrogen) atoms. The van der Waals surface area contributed by atoms with Crippen molar-refractivity contribution < 1.29 is 18.6 Å². The van der Waals surface area contributed by atoms with Gasteiger partial charge in [0, 0.05) is 5.56 Å². The maximum Gasteiger partial charge on any atom is 0.203 e. The van der Waals surface area contributed by atoms with Crippen molar-refractivity contribution in [3.05, 3.63) is 36.1 Å². The summed E-state index contributed by atoms with van der Waals surface area (Å²) >= 11 is 0. The van der Waals surface area contributed by atoms with Crippen LogP contribution in [0.15, 0.2) is 30.3 Å². The Labute approximate surface area is 116 Å². The van der Waals surface area contributed by atoms with Gasteiger partial charge in [0.2, 0.25) is 5.75 Å². The van der Waals surface area contributed by atoms with Crippen molar-refractivity contribution in [1.82, 2.24) is 0 Å². The van der Waals surface area contributed by atoms with Crippen molar-refractivity contribution >= 4 is 5.69 Å². The molecule has 4 nitrogen and oxygen atoms in total. The van der Waals surface area contributed by atoms with Gasteiger partial charge in [-0.3, -0.25) is 0 Å². The summed E-state index contributed by atoms with van der Waals surface area (Å²) in [6.45, 7) is 0. The highest BCUT2D eigenvalue weighted by Crippen LogP contribution is 2.44. The Balaban J connectivity index is 2.64. The van der Waals surface area contributed by atoms with Crippen molar-refractivity contribution in [3.63, 3.8) is 0 Å². The predicted octanol–water partition coefficient (Wildman–Crippen LogP) is 3.10. The third-order valence-electron chi connectivity index (χ3n) is 3.02. The molecule has 0 amide bonds. The summed E-state index contributed by atoms with van der Waals surface area (Å²) in [6, 6.07) is 8.12. The van der Waals surface area contributed by atoms with Crippen LogP contribution in [0.2, 0.25) is 0 Å². The van der Waals surface area contributed by atoms with Gasteiger partial charge < -0.3 is 19.9 Å². The van der Waals surface area contributed by atoms with Crippen molar-refractivity contribution in [2.24, 2.45) is 0 Å². The molecule has 5 heteroatoms. The van der Waals surface area contributed by atoms with Crippen LogP contribution < -0.4 is 19.9 Å². The van der Waals surface area contributed by atoms with Crippen LogP contribution in [0, 0.1) is 5.82 Å². The average Bonchev–Trinajstić information content (AvgIpc) is 2.48. The van der Waals surface area contributed by atoms with Crippen LogP contribution in [0.5, 0.6) is 17.2 Å². The van der Waals surface area contributed by atoms with Crippen molar-refractivity contribution in [1.29, 1.82) is 0 Å². The Bertz CT molecular complexity index is 629. The molecule has 0 radical (unpaired) electrons. The lowest BCUT2D eigenvalue weighted by Gasteiger charge is -2.16. The highest BCUT2D eigenvalue weighted by atomic mass is 19.1. The van der Waals surface area contributed by atoms with E-state index >= 15 is 0 Å². The lowest BCUT2D eigenvalue weighted by molar-refractivity contribution is 0.325. The number of anilines is 1. The monoisotopic (exact) mass is 277 g/mol. The molecule has 0 atom stereocenters. The van der Waals surface area contributed by atoms with Gasteiger partial charge in [-0.2, -0.15) is 0 Å². The van der Waals surface area contributed by atoms with Crippen LogP contribution in [0.4, 0.5) is 10.1 Å². The summed E-state index contributed by atoms with van der Waals surface area (Å²) in [5.41, 5.74) is 6.94. The molecule has 0 aliphatic carbocycles. The first kappa shape index (κ1) is 14.0. The second kappa shape index (κ2) is 5.69. The summed E-state index contributed by atoms with van der Waals surface area (Å²) in [5.74, 6) is 1.02. The molecule has 0 heterocycles. The average molecular weight is 277 g/mol. The zero-order valence-electron chi connectivity index (χ0n) is 11.6. The fourth-order valence-corrected chi connectivity index (χ4v) is 2.02. The Hall–Kier alpha value is -2.43. The molecule has 0 saturated heterocycles. The van der Waals surface area contributed by atoms with E-state index in [9.17, 15) is 4.39 Å². The van der Waals surface area contributed by atoms with Crippen LogP contribution in [-0.4, -0.2) is 21.3 Å². The number of hydrogen-bond acceptors (Lipinski definition) is 4. The lowest BCUT2D eigenvalue weighted by Crippen LogP contribution is -1.97. The van der Waals surface area contributed by atoms with E-state index < -0.39 is 5.82 Å². The predicted molar refractivity (Wildman–Crippen MR) is 75.9 cm³/mol. The smallest absolute Gasteiger partial charge is 0.203 e. The van der Waals surface area contributed by atoms with Gasteiger partial charge in [0.15, 0.2) is 11.5 Å². The van der Waals surface area contributed by atoms with E-state index in [1.807, 2.05) is 0 Å². The number of halogens is 1. The maximum absolute atomic E-state index is 13.6. The summed E-state index contributed by atoms with van der Waals surface area (Å²) in [5, 5.41) is 0. The van der Waals surface area contributed by atoms with E-state index in [0.29, 0.717) is 28.4 Å². The molecule has 0 aliphatic heterocycles. The molecule has 0 aromatic heterocycles. The molecule has 0 aliphatic rings. The van der Waals surface area contributed by atoms with Gasteiger partial charge >= 0.3 is 0 Å². The van der Waals surface area contributed by atoms with Gasteiger partial charge in [0.1, 0.15) is 5.82 Å². The summed E-state index contributed by atoms with van der Waals surface area (Å²) < 4.78 is 29.5. The van der Waals surface area contributed by atoms with E-state index in [0.717, 1.165) is 0 Å². The van der Waals surface area contributed by atoms with Gasteiger partial charge in [0.05, 0.1) is 27.0 Å². The first-order valence-electron chi connectivity index (χ1n) is 5.96. The van der Waals surface area contributed by atoms with Crippen LogP contribution in [0.25, 0.3) is 11.1 Å². The molecule has 2 rings (SSSR count). The van der Waals surface area contributed by atoms with Gasteiger partial charge in [0.25, 0.3) is 0 Å². The van der Waals surface area contributed by atoms with Crippen LogP contribution >= 0.6 is 0 Å². The Morgan fingerprint density at radius 1 is 0.900 bits per heavy atom. The zero-order valence-corrected chi connectivity index (χ0v) is 11.6. The Morgan fingerprint density at radius 3 is 2.15 bits per heavy atom. The molecule has 106 valence electrons. The molecule has 2 aromatic carbocycles. The second-order valence-electron chi connectivity index (χ2n) is 4.12. The van der Waals surface area contributed by atoms with Crippen molar-refractivity contribution in [2.45, 2.75) is 0 Å². The topological polar surface area (TPSA) is 53.7 Å². The zero-order chi connectivity index (χ0) is 14.7.